The highest BCUT2D eigenvalue weighted by Crippen LogP contribution is 2.24. The van der Waals surface area contributed by atoms with Crippen LogP contribution in [0.1, 0.15) is 66.7 Å². The van der Waals surface area contributed by atoms with Crippen LogP contribution in [0.5, 0.6) is 0 Å². The van der Waals surface area contributed by atoms with E-state index in [1.54, 1.807) is 0 Å². The van der Waals surface area contributed by atoms with Gasteiger partial charge in [-0.2, -0.15) is 0 Å². The van der Waals surface area contributed by atoms with Crippen LogP contribution in [0, 0.1) is 19.8 Å². The number of nitrogens with zero attached hydrogens (tertiary/aromatic N) is 2. The van der Waals surface area contributed by atoms with Crippen LogP contribution in [0.4, 0.5) is 0 Å². The summed E-state index contributed by atoms with van der Waals surface area (Å²) >= 11 is 0. The van der Waals surface area contributed by atoms with Gasteiger partial charge < -0.3 is 14.8 Å². The van der Waals surface area contributed by atoms with E-state index >= 15 is 0 Å². The molecule has 2 aliphatic heterocycles. The summed E-state index contributed by atoms with van der Waals surface area (Å²) in [5, 5.41) is 0. The van der Waals surface area contributed by atoms with Crippen LogP contribution < -0.4 is 0 Å². The molecule has 1 aromatic heterocycles. The van der Waals surface area contributed by atoms with Crippen LogP contribution in [0.15, 0.2) is 6.07 Å². The number of aryl methyl sites for hydroxylation is 2. The average molecular weight is 345 g/mol. The Labute approximate surface area is 150 Å². The molecule has 1 aromatic rings. The van der Waals surface area contributed by atoms with E-state index in [1.807, 2.05) is 24.8 Å². The van der Waals surface area contributed by atoms with Crippen LogP contribution in [0.2, 0.25) is 0 Å². The topological polar surface area (TPSA) is 56.4 Å². The lowest BCUT2D eigenvalue weighted by Gasteiger charge is -2.32. The number of nitrogens with one attached hydrogen (secondary N) is 1. The molecule has 25 heavy (non-hydrogen) atoms. The predicted molar refractivity (Wildman–Crippen MR) is 98.6 cm³/mol. The first-order valence-electron chi connectivity index (χ1n) is 9.78. The fraction of sp³-hybridized carbons (Fsp3) is 0.700. The van der Waals surface area contributed by atoms with Gasteiger partial charge in [0.1, 0.15) is 5.69 Å². The lowest BCUT2D eigenvalue weighted by atomic mass is 9.92. The minimum atomic E-state index is 0.0999. The molecule has 2 fully saturated rings. The van der Waals surface area contributed by atoms with Gasteiger partial charge in [0.15, 0.2) is 0 Å². The SMILES string of the molecule is Cc1cc(C)c(C(=O)N2CCC(CC(=O)N3CCCCCC3)CC2)[nH]1. The first-order chi connectivity index (χ1) is 12.0. The predicted octanol–water partition coefficient (Wildman–Crippen LogP) is 3.28. The van der Waals surface area contributed by atoms with Crippen molar-refractivity contribution in [3.8, 4) is 0 Å². The maximum atomic E-state index is 12.7. The molecular formula is C20H31N3O2. The minimum absolute atomic E-state index is 0.0999. The minimum Gasteiger partial charge on any atom is -0.354 e. The highest BCUT2D eigenvalue weighted by atomic mass is 16.2. The number of hydrogen-bond acceptors (Lipinski definition) is 2. The van der Waals surface area contributed by atoms with E-state index in [0.29, 0.717) is 18.2 Å². The number of hydrogen-bond donors (Lipinski definition) is 1. The Kier molecular flexibility index (Phi) is 5.82. The number of aromatic nitrogens is 1. The van der Waals surface area contributed by atoms with E-state index in [-0.39, 0.29) is 5.91 Å². The zero-order valence-corrected chi connectivity index (χ0v) is 15.6. The van der Waals surface area contributed by atoms with Crippen molar-refractivity contribution in [3.63, 3.8) is 0 Å². The van der Waals surface area contributed by atoms with Crippen molar-refractivity contribution in [1.82, 2.24) is 14.8 Å². The largest absolute Gasteiger partial charge is 0.354 e. The molecule has 5 nitrogen and oxygen atoms in total. The fourth-order valence-corrected chi connectivity index (χ4v) is 4.15. The summed E-state index contributed by atoms with van der Waals surface area (Å²) in [4.78, 5) is 32.4. The quantitative estimate of drug-likeness (QED) is 0.914. The molecule has 0 radical (unpaired) electrons. The van der Waals surface area contributed by atoms with Gasteiger partial charge in [-0.25, -0.2) is 0 Å². The lowest BCUT2D eigenvalue weighted by molar-refractivity contribution is -0.132. The van der Waals surface area contributed by atoms with Gasteiger partial charge in [0.25, 0.3) is 5.91 Å². The number of H-pyrrole nitrogens is 1. The first kappa shape index (κ1) is 18.0. The summed E-state index contributed by atoms with van der Waals surface area (Å²) in [6, 6.07) is 2.01. The zero-order chi connectivity index (χ0) is 17.8. The Morgan fingerprint density at radius 1 is 1.00 bits per heavy atom. The van der Waals surface area contributed by atoms with Crippen molar-refractivity contribution in [1.29, 1.82) is 0 Å². The molecule has 2 aliphatic rings. The number of piperidine rings is 1. The van der Waals surface area contributed by atoms with Gasteiger partial charge in [-0.05, 0) is 57.1 Å². The second kappa shape index (κ2) is 8.07. The standard InChI is InChI=1S/C20H31N3O2/c1-15-13-16(2)21-19(15)20(25)23-11-7-17(8-12-23)14-18(24)22-9-5-3-4-6-10-22/h13,17,21H,3-12,14H2,1-2H3. The fourth-order valence-electron chi connectivity index (χ4n) is 4.15. The molecule has 0 atom stereocenters. The second-order valence-corrected chi connectivity index (χ2v) is 7.75. The average Bonchev–Trinajstić information content (AvgIpc) is 2.80. The molecule has 0 unspecified atom stereocenters. The summed E-state index contributed by atoms with van der Waals surface area (Å²) in [6.07, 6.45) is 7.32. The third kappa shape index (κ3) is 4.44. The van der Waals surface area contributed by atoms with E-state index in [1.165, 1.54) is 12.8 Å². The number of amides is 2. The highest BCUT2D eigenvalue weighted by molar-refractivity contribution is 5.94. The van der Waals surface area contributed by atoms with Crippen molar-refractivity contribution in [3.05, 3.63) is 23.0 Å². The van der Waals surface area contributed by atoms with Gasteiger partial charge in [-0.3, -0.25) is 9.59 Å². The van der Waals surface area contributed by atoms with Crippen LogP contribution in [0.25, 0.3) is 0 Å². The molecule has 0 spiro atoms. The van der Waals surface area contributed by atoms with Crippen LogP contribution >= 0.6 is 0 Å². The van der Waals surface area contributed by atoms with Gasteiger partial charge in [-0.1, -0.05) is 12.8 Å². The van der Waals surface area contributed by atoms with Gasteiger partial charge in [0.05, 0.1) is 0 Å². The van der Waals surface area contributed by atoms with Crippen LogP contribution in [-0.2, 0) is 4.79 Å². The Morgan fingerprint density at radius 2 is 1.64 bits per heavy atom. The Morgan fingerprint density at radius 3 is 2.20 bits per heavy atom. The third-order valence-corrected chi connectivity index (χ3v) is 5.69. The molecule has 0 aliphatic carbocycles. The molecule has 2 amide bonds. The summed E-state index contributed by atoms with van der Waals surface area (Å²) in [5.41, 5.74) is 2.76. The number of carbonyl (C=O) groups excluding carboxylic acids is 2. The first-order valence-corrected chi connectivity index (χ1v) is 9.78. The van der Waals surface area contributed by atoms with Crippen LogP contribution in [0.3, 0.4) is 0 Å². The van der Waals surface area contributed by atoms with Crippen molar-refractivity contribution in [2.75, 3.05) is 26.2 Å². The van der Waals surface area contributed by atoms with Gasteiger partial charge >= 0.3 is 0 Å². The molecule has 0 aromatic carbocycles. The molecule has 2 saturated heterocycles. The van der Waals surface area contributed by atoms with E-state index in [9.17, 15) is 9.59 Å². The summed E-state index contributed by atoms with van der Waals surface area (Å²) in [7, 11) is 0. The Hall–Kier alpha value is -1.78. The Balaban J connectivity index is 1.49. The molecule has 5 heteroatoms. The monoisotopic (exact) mass is 345 g/mol. The smallest absolute Gasteiger partial charge is 0.270 e. The number of rotatable bonds is 3. The molecule has 3 heterocycles. The van der Waals surface area contributed by atoms with Crippen LogP contribution in [-0.4, -0.2) is 52.8 Å². The van der Waals surface area contributed by atoms with Crippen molar-refractivity contribution in [2.24, 2.45) is 5.92 Å². The van der Waals surface area contributed by atoms with Crippen molar-refractivity contribution in [2.45, 2.75) is 58.8 Å². The molecular weight excluding hydrogens is 314 g/mol. The summed E-state index contributed by atoms with van der Waals surface area (Å²) in [5.74, 6) is 0.844. The molecule has 0 bridgehead atoms. The highest BCUT2D eigenvalue weighted by Gasteiger charge is 2.27. The number of carbonyl (C=O) groups is 2. The lowest BCUT2D eigenvalue weighted by Crippen LogP contribution is -2.40. The van der Waals surface area contributed by atoms with E-state index in [2.05, 4.69) is 9.88 Å². The van der Waals surface area contributed by atoms with Gasteiger partial charge in [-0.15, -0.1) is 0 Å². The van der Waals surface area contributed by atoms with Gasteiger partial charge in [0, 0.05) is 38.3 Å². The van der Waals surface area contributed by atoms with Gasteiger partial charge in [0.2, 0.25) is 5.91 Å². The molecule has 138 valence electrons. The zero-order valence-electron chi connectivity index (χ0n) is 15.6. The molecule has 1 N–H and O–H groups in total. The summed E-state index contributed by atoms with van der Waals surface area (Å²) in [6.45, 7) is 7.33. The van der Waals surface area contributed by atoms with Crippen molar-refractivity contribution >= 4 is 11.8 Å². The van der Waals surface area contributed by atoms with E-state index in [0.717, 1.165) is 68.8 Å². The molecule has 0 saturated carbocycles. The van der Waals surface area contributed by atoms with E-state index < -0.39 is 0 Å². The van der Waals surface area contributed by atoms with Crippen molar-refractivity contribution < 1.29 is 9.59 Å². The maximum absolute atomic E-state index is 12.7. The Bertz CT molecular complexity index is 606. The van der Waals surface area contributed by atoms with E-state index in [4.69, 9.17) is 0 Å². The number of likely N-dealkylation sites (tertiary alicyclic amines) is 2. The maximum Gasteiger partial charge on any atom is 0.270 e. The molecule has 3 rings (SSSR count). The normalized spacial score (nSPS) is 19.8. The second-order valence-electron chi connectivity index (χ2n) is 7.75. The third-order valence-electron chi connectivity index (χ3n) is 5.69. The summed E-state index contributed by atoms with van der Waals surface area (Å²) < 4.78 is 0. The number of aromatic amines is 1.